The molecular weight excluding hydrogens is 506 g/mol. The van der Waals surface area contributed by atoms with Gasteiger partial charge in [0.2, 0.25) is 0 Å². The molecule has 0 spiro atoms. The molecule has 2 aromatic heterocycles. The first-order valence-corrected chi connectivity index (χ1v) is 20.7. The molecule has 0 unspecified atom stereocenters. The predicted octanol–water partition coefficient (Wildman–Crippen LogP) is 6.61. The minimum Gasteiger partial charge on any atom is -0.255 e. The van der Waals surface area contributed by atoms with Crippen LogP contribution in [-0.4, -0.2) is 26.1 Å². The molecule has 0 amide bonds. The van der Waals surface area contributed by atoms with E-state index in [1.165, 1.54) is 11.1 Å². The maximum absolute atomic E-state index is 6.58. The van der Waals surface area contributed by atoms with Gasteiger partial charge in [-0.2, -0.15) is 0 Å². The van der Waals surface area contributed by atoms with Gasteiger partial charge >= 0.3 is 115 Å². The fraction of sp³-hybridized carbons (Fsp3) is 0.0833. The van der Waals surface area contributed by atoms with E-state index in [9.17, 15) is 0 Å². The first-order chi connectivity index (χ1) is 14.1. The van der Waals surface area contributed by atoms with Crippen molar-refractivity contribution in [3.63, 3.8) is 0 Å². The van der Waals surface area contributed by atoms with Gasteiger partial charge in [0, 0.05) is 12.4 Å². The minimum absolute atomic E-state index is 0.869. The molecule has 146 valence electrons. The molecule has 29 heavy (non-hydrogen) atoms. The zero-order valence-corrected chi connectivity index (χ0v) is 20.3. The van der Waals surface area contributed by atoms with Crippen molar-refractivity contribution in [2.24, 2.45) is 0 Å². The molecule has 0 saturated heterocycles. The van der Waals surface area contributed by atoms with Crippen LogP contribution in [-0.2, 0) is 8.87 Å². The smallest absolute Gasteiger partial charge is 0.0886 e. The molecule has 4 rings (SSSR count). The normalized spacial score (nSPS) is 10.7. The van der Waals surface area contributed by atoms with E-state index in [2.05, 4.69) is 34.2 Å². The summed E-state index contributed by atoms with van der Waals surface area (Å²) < 4.78 is 1.74. The van der Waals surface area contributed by atoms with E-state index >= 15 is 0 Å². The zero-order chi connectivity index (χ0) is 20.4. The monoisotopic (exact) mass is 528 g/mol. The number of benzene rings is 2. The summed E-state index contributed by atoms with van der Waals surface area (Å²) in [5.74, 6) is 0. The number of pyridine rings is 2. The molecule has 5 heteroatoms. The average Bonchev–Trinajstić information content (AvgIpc) is 2.76. The van der Waals surface area contributed by atoms with Crippen LogP contribution in [0.25, 0.3) is 11.4 Å². The van der Waals surface area contributed by atoms with E-state index in [0.717, 1.165) is 20.3 Å². The van der Waals surface area contributed by atoms with Crippen molar-refractivity contribution >= 4 is 34.0 Å². The molecular formula is C24H22Cl2N2Sn. The predicted molar refractivity (Wildman–Crippen MR) is 125 cm³/mol. The molecule has 0 radical (unpaired) electrons. The second kappa shape index (κ2) is 11.3. The van der Waals surface area contributed by atoms with E-state index in [4.69, 9.17) is 17.8 Å². The molecule has 0 aliphatic rings. The van der Waals surface area contributed by atoms with Crippen molar-refractivity contribution in [2.75, 3.05) is 0 Å². The third kappa shape index (κ3) is 7.81. The molecule has 2 heterocycles. The zero-order valence-electron chi connectivity index (χ0n) is 16.0. The van der Waals surface area contributed by atoms with E-state index in [-0.39, 0.29) is 0 Å². The number of rotatable bonds is 5. The van der Waals surface area contributed by atoms with Gasteiger partial charge in [-0.3, -0.25) is 9.97 Å². The summed E-state index contributed by atoms with van der Waals surface area (Å²) in [6.45, 7) is 0. The van der Waals surface area contributed by atoms with E-state index in [1.54, 1.807) is 12.4 Å². The Morgan fingerprint density at radius 2 is 0.897 bits per heavy atom. The molecule has 0 N–H and O–H groups in total. The van der Waals surface area contributed by atoms with Gasteiger partial charge in [0.25, 0.3) is 0 Å². The van der Waals surface area contributed by atoms with Crippen LogP contribution in [0.15, 0.2) is 109 Å². The molecule has 2 aromatic carbocycles. The number of aromatic nitrogens is 2. The summed E-state index contributed by atoms with van der Waals surface area (Å²) in [4.78, 5) is 8.37. The Bertz CT molecular complexity index is 886. The van der Waals surface area contributed by atoms with Crippen LogP contribution in [0, 0.1) is 0 Å². The van der Waals surface area contributed by atoms with Gasteiger partial charge in [0.05, 0.1) is 11.4 Å². The Kier molecular flexibility index (Phi) is 8.53. The molecule has 0 fully saturated rings. The van der Waals surface area contributed by atoms with Crippen molar-refractivity contribution in [1.82, 2.24) is 9.97 Å². The number of hydrogen-bond acceptors (Lipinski definition) is 2. The Hall–Kier alpha value is -1.88. The number of hydrogen-bond donors (Lipinski definition) is 0. The van der Waals surface area contributed by atoms with E-state index in [1.807, 2.05) is 72.8 Å². The standard InChI is InChI=1S/C10H8N2.2C7H7.2ClH.Sn/c1-3-7-11-9(5-1)10-6-2-4-8-12-10;2*1-7-5-3-2-4-6-7;;;/h1-8H;2*2-6H,1H2;2*1H;/q;;;;;+2/p-2. The molecule has 0 atom stereocenters. The van der Waals surface area contributed by atoms with Gasteiger partial charge in [-0.15, -0.1) is 0 Å². The van der Waals surface area contributed by atoms with Crippen molar-refractivity contribution in [3.8, 4) is 11.4 Å². The Morgan fingerprint density at radius 3 is 1.24 bits per heavy atom. The quantitative estimate of drug-likeness (QED) is 0.273. The summed E-state index contributed by atoms with van der Waals surface area (Å²) in [5.41, 5.74) is 4.34. The van der Waals surface area contributed by atoms with Gasteiger partial charge in [0.1, 0.15) is 0 Å². The molecule has 0 aliphatic carbocycles. The Morgan fingerprint density at radius 1 is 0.517 bits per heavy atom. The summed E-state index contributed by atoms with van der Waals surface area (Å²) in [7, 11) is 13.2. The molecule has 0 saturated carbocycles. The summed E-state index contributed by atoms with van der Waals surface area (Å²) in [5, 5.41) is 0. The average molecular weight is 528 g/mol. The second-order valence-electron chi connectivity index (χ2n) is 6.61. The summed E-state index contributed by atoms with van der Waals surface area (Å²) in [6.07, 6.45) is 3.54. The van der Waals surface area contributed by atoms with Crippen LogP contribution < -0.4 is 0 Å². The summed E-state index contributed by atoms with van der Waals surface area (Å²) >= 11 is -3.01. The van der Waals surface area contributed by atoms with Crippen LogP contribution in [0.2, 0.25) is 0 Å². The van der Waals surface area contributed by atoms with Crippen molar-refractivity contribution in [1.29, 1.82) is 0 Å². The first kappa shape index (κ1) is 21.8. The molecule has 0 bridgehead atoms. The van der Waals surface area contributed by atoms with Gasteiger partial charge in [-0.05, 0) is 24.3 Å². The van der Waals surface area contributed by atoms with Crippen LogP contribution in [0.5, 0.6) is 0 Å². The first-order valence-electron chi connectivity index (χ1n) is 9.40. The summed E-state index contributed by atoms with van der Waals surface area (Å²) in [6, 6.07) is 32.2. The van der Waals surface area contributed by atoms with Gasteiger partial charge in [-0.25, -0.2) is 0 Å². The maximum atomic E-state index is 6.58. The molecule has 0 aliphatic heterocycles. The van der Waals surface area contributed by atoms with Crippen LogP contribution in [0.1, 0.15) is 11.1 Å². The SMILES string of the molecule is [Cl][Sn]([Cl])([CH2]c1ccccc1)[CH2]c1ccccc1.c1ccc(-c2ccccn2)nc1. The fourth-order valence-electron chi connectivity index (χ4n) is 2.88. The van der Waals surface area contributed by atoms with Gasteiger partial charge < -0.3 is 0 Å². The minimum atomic E-state index is -3.01. The van der Waals surface area contributed by atoms with Crippen molar-refractivity contribution < 1.29 is 0 Å². The fourth-order valence-corrected chi connectivity index (χ4v) is 12.1. The largest absolute Gasteiger partial charge is 0.255 e. The number of nitrogens with zero attached hydrogens (tertiary/aromatic N) is 2. The topological polar surface area (TPSA) is 25.8 Å². The van der Waals surface area contributed by atoms with Crippen LogP contribution in [0.3, 0.4) is 0 Å². The van der Waals surface area contributed by atoms with Crippen molar-refractivity contribution in [3.05, 3.63) is 121 Å². The number of halogens is 2. The van der Waals surface area contributed by atoms with Crippen LogP contribution in [0.4, 0.5) is 0 Å². The Balaban J connectivity index is 0.000000176. The van der Waals surface area contributed by atoms with Crippen LogP contribution >= 0.6 is 17.8 Å². The third-order valence-corrected chi connectivity index (χ3v) is 13.1. The second-order valence-corrected chi connectivity index (χ2v) is 24.5. The van der Waals surface area contributed by atoms with E-state index in [0.29, 0.717) is 0 Å². The van der Waals surface area contributed by atoms with Crippen molar-refractivity contribution in [2.45, 2.75) is 8.87 Å². The molecule has 2 nitrogen and oxygen atoms in total. The third-order valence-electron chi connectivity index (χ3n) is 4.20. The molecule has 4 aromatic rings. The maximum Gasteiger partial charge on any atom is 0.0886 e. The van der Waals surface area contributed by atoms with Gasteiger partial charge in [-0.1, -0.05) is 12.1 Å². The van der Waals surface area contributed by atoms with E-state index < -0.39 is 16.1 Å². The van der Waals surface area contributed by atoms with Gasteiger partial charge in [0.15, 0.2) is 0 Å². The Labute approximate surface area is 183 Å².